The summed E-state index contributed by atoms with van der Waals surface area (Å²) in [6.07, 6.45) is 1.94. The predicted molar refractivity (Wildman–Crippen MR) is 75.4 cm³/mol. The summed E-state index contributed by atoms with van der Waals surface area (Å²) in [5.41, 5.74) is 0. The summed E-state index contributed by atoms with van der Waals surface area (Å²) in [7, 11) is 0. The zero-order valence-electron chi connectivity index (χ0n) is 10.8. The molecule has 0 bridgehead atoms. The van der Waals surface area contributed by atoms with Crippen LogP contribution in [0.1, 0.15) is 37.6 Å². The monoisotopic (exact) mass is 258 g/mol. The molecule has 16 heavy (non-hydrogen) atoms. The Hall–Kier alpha value is -0.0600. The van der Waals surface area contributed by atoms with E-state index in [2.05, 4.69) is 44.9 Å². The maximum atomic E-state index is 4.35. The fourth-order valence-corrected chi connectivity index (χ4v) is 2.78. The van der Waals surface area contributed by atoms with E-state index in [9.17, 15) is 0 Å². The second-order valence-electron chi connectivity index (χ2n) is 5.07. The summed E-state index contributed by atoms with van der Waals surface area (Å²) in [6.45, 7) is 12.0. The molecule has 92 valence electrons. The van der Waals surface area contributed by atoms with Crippen molar-refractivity contribution in [3.63, 3.8) is 0 Å². The molecular weight excluding hydrogens is 236 g/mol. The molecule has 2 nitrogen and oxygen atoms in total. The van der Waals surface area contributed by atoms with E-state index in [4.69, 9.17) is 0 Å². The minimum atomic E-state index is 0.355. The van der Waals surface area contributed by atoms with E-state index in [0.717, 1.165) is 12.3 Å². The molecule has 0 aliphatic heterocycles. The molecule has 1 rings (SSSR count). The van der Waals surface area contributed by atoms with Crippen molar-refractivity contribution in [2.24, 2.45) is 0 Å². The van der Waals surface area contributed by atoms with Crippen molar-refractivity contribution in [1.29, 1.82) is 0 Å². The molecule has 4 heteroatoms. The third kappa shape index (κ3) is 5.87. The van der Waals surface area contributed by atoms with Gasteiger partial charge in [0.2, 0.25) is 0 Å². The zero-order valence-corrected chi connectivity index (χ0v) is 12.5. The highest BCUT2D eigenvalue weighted by Crippen LogP contribution is 2.23. The molecule has 1 aromatic heterocycles. The summed E-state index contributed by atoms with van der Waals surface area (Å²) in [5.74, 6) is 1.15. The van der Waals surface area contributed by atoms with E-state index < -0.39 is 0 Å². The van der Waals surface area contributed by atoms with Crippen LogP contribution >= 0.6 is 23.1 Å². The van der Waals surface area contributed by atoms with Gasteiger partial charge in [-0.1, -0.05) is 20.8 Å². The summed E-state index contributed by atoms with van der Waals surface area (Å²) in [6, 6.07) is 0.536. The van der Waals surface area contributed by atoms with Crippen LogP contribution in [0, 0.1) is 6.92 Å². The Morgan fingerprint density at radius 1 is 1.50 bits per heavy atom. The topological polar surface area (TPSA) is 24.9 Å². The average molecular weight is 258 g/mol. The highest BCUT2D eigenvalue weighted by atomic mass is 32.2. The first kappa shape index (κ1) is 14.0. The smallest absolute Gasteiger partial charge is 0.107 e. The maximum absolute atomic E-state index is 4.35. The van der Waals surface area contributed by atoms with Crippen LogP contribution in [-0.2, 0) is 6.54 Å². The maximum Gasteiger partial charge on any atom is 0.107 e. The Morgan fingerprint density at radius 3 is 2.69 bits per heavy atom. The summed E-state index contributed by atoms with van der Waals surface area (Å²) in [4.78, 5) is 5.63. The number of rotatable bonds is 5. The van der Waals surface area contributed by atoms with Crippen LogP contribution in [0.25, 0.3) is 0 Å². The third-order valence-electron chi connectivity index (χ3n) is 2.04. The van der Waals surface area contributed by atoms with E-state index in [1.165, 1.54) is 9.88 Å². The quantitative estimate of drug-likeness (QED) is 0.875. The van der Waals surface area contributed by atoms with Gasteiger partial charge in [-0.25, -0.2) is 4.98 Å². The number of thioether (sulfide) groups is 1. The fourth-order valence-electron chi connectivity index (χ4n) is 1.18. The molecule has 0 saturated heterocycles. The molecule has 1 aromatic rings. The first-order chi connectivity index (χ1) is 7.37. The molecule has 0 fully saturated rings. The van der Waals surface area contributed by atoms with E-state index in [0.29, 0.717) is 10.8 Å². The number of hydrogen-bond acceptors (Lipinski definition) is 4. The van der Waals surface area contributed by atoms with Gasteiger partial charge >= 0.3 is 0 Å². The van der Waals surface area contributed by atoms with E-state index >= 15 is 0 Å². The minimum Gasteiger partial charge on any atom is -0.307 e. The lowest BCUT2D eigenvalue weighted by Gasteiger charge is -2.21. The highest BCUT2D eigenvalue weighted by molar-refractivity contribution is 8.00. The van der Waals surface area contributed by atoms with Crippen LogP contribution in [0.5, 0.6) is 0 Å². The van der Waals surface area contributed by atoms with Gasteiger partial charge < -0.3 is 5.32 Å². The van der Waals surface area contributed by atoms with Gasteiger partial charge in [0, 0.05) is 34.2 Å². The Morgan fingerprint density at radius 2 is 2.19 bits per heavy atom. The molecule has 1 heterocycles. The van der Waals surface area contributed by atoms with Crippen LogP contribution < -0.4 is 5.32 Å². The van der Waals surface area contributed by atoms with Crippen molar-refractivity contribution < 1.29 is 0 Å². The van der Waals surface area contributed by atoms with Gasteiger partial charge in [-0.15, -0.1) is 11.3 Å². The summed E-state index contributed by atoms with van der Waals surface area (Å²) < 4.78 is 0.355. The van der Waals surface area contributed by atoms with Crippen LogP contribution in [0.4, 0.5) is 0 Å². The second kappa shape index (κ2) is 6.03. The minimum absolute atomic E-state index is 0.355. The molecule has 0 radical (unpaired) electrons. The van der Waals surface area contributed by atoms with Crippen molar-refractivity contribution in [3.8, 4) is 0 Å². The van der Waals surface area contributed by atoms with Crippen molar-refractivity contribution in [2.75, 3.05) is 5.75 Å². The summed E-state index contributed by atoms with van der Waals surface area (Å²) >= 11 is 3.78. The normalized spacial score (nSPS) is 14.1. The van der Waals surface area contributed by atoms with Gasteiger partial charge in [0.25, 0.3) is 0 Å². The first-order valence-electron chi connectivity index (χ1n) is 5.65. The SMILES string of the molecule is Cc1cnc(CNC(C)CSC(C)(C)C)s1. The average Bonchev–Trinajstić information content (AvgIpc) is 2.57. The fraction of sp³-hybridized carbons (Fsp3) is 0.750. The van der Waals surface area contributed by atoms with Crippen LogP contribution in [-0.4, -0.2) is 21.5 Å². The van der Waals surface area contributed by atoms with E-state index in [-0.39, 0.29) is 0 Å². The molecule has 0 amide bonds. The highest BCUT2D eigenvalue weighted by Gasteiger charge is 2.12. The lowest BCUT2D eigenvalue weighted by Crippen LogP contribution is -2.29. The molecule has 1 N–H and O–H groups in total. The number of aromatic nitrogens is 1. The van der Waals surface area contributed by atoms with Crippen molar-refractivity contribution in [1.82, 2.24) is 10.3 Å². The van der Waals surface area contributed by atoms with Crippen LogP contribution in [0.15, 0.2) is 6.20 Å². The zero-order chi connectivity index (χ0) is 12.2. The Bertz CT molecular complexity index is 315. The Kier molecular flexibility index (Phi) is 5.28. The van der Waals surface area contributed by atoms with Gasteiger partial charge in [-0.3, -0.25) is 0 Å². The third-order valence-corrected chi connectivity index (χ3v) is 4.48. The number of thiazole rings is 1. The van der Waals surface area contributed by atoms with Gasteiger partial charge in [-0.2, -0.15) is 11.8 Å². The van der Waals surface area contributed by atoms with Crippen LogP contribution in [0.3, 0.4) is 0 Å². The standard InChI is InChI=1S/C12H22N2S2/c1-9(8-15-12(3,4)5)13-7-11-14-6-10(2)16-11/h6,9,13H,7-8H2,1-5H3. The lowest BCUT2D eigenvalue weighted by atomic mass is 10.3. The van der Waals surface area contributed by atoms with E-state index in [1.54, 1.807) is 11.3 Å². The van der Waals surface area contributed by atoms with Crippen LogP contribution in [0.2, 0.25) is 0 Å². The van der Waals surface area contributed by atoms with Crippen molar-refractivity contribution in [3.05, 3.63) is 16.1 Å². The molecule has 1 unspecified atom stereocenters. The largest absolute Gasteiger partial charge is 0.307 e. The van der Waals surface area contributed by atoms with Crippen molar-refractivity contribution in [2.45, 2.75) is 52.0 Å². The number of aryl methyl sites for hydroxylation is 1. The number of nitrogens with one attached hydrogen (secondary N) is 1. The first-order valence-corrected chi connectivity index (χ1v) is 7.46. The van der Waals surface area contributed by atoms with Gasteiger partial charge in [-0.05, 0) is 13.8 Å². The van der Waals surface area contributed by atoms with Gasteiger partial charge in [0.15, 0.2) is 0 Å². The molecule has 0 aliphatic rings. The van der Waals surface area contributed by atoms with Gasteiger partial charge in [0.1, 0.15) is 5.01 Å². The molecular formula is C12H22N2S2. The molecule has 0 aliphatic carbocycles. The summed E-state index contributed by atoms with van der Waals surface area (Å²) in [5, 5.41) is 4.70. The molecule has 0 aromatic carbocycles. The molecule has 0 saturated carbocycles. The molecule has 1 atom stereocenters. The van der Waals surface area contributed by atoms with E-state index in [1.807, 2.05) is 18.0 Å². The Labute approximate surface area is 107 Å². The number of hydrogen-bond donors (Lipinski definition) is 1. The van der Waals surface area contributed by atoms with Gasteiger partial charge in [0.05, 0.1) is 0 Å². The predicted octanol–water partition coefficient (Wildman–Crippen LogP) is 3.46. The second-order valence-corrected chi connectivity index (χ2v) is 8.24. The van der Waals surface area contributed by atoms with Crippen molar-refractivity contribution >= 4 is 23.1 Å². The Balaban J connectivity index is 2.22. The lowest BCUT2D eigenvalue weighted by molar-refractivity contribution is 0.592. The number of nitrogens with zero attached hydrogens (tertiary/aromatic N) is 1. The molecule has 0 spiro atoms.